The molecule has 0 radical (unpaired) electrons. The molecular formula is C10H9F2N7O2. The molecule has 0 aromatic carbocycles. The average Bonchev–Trinajstić information content (AvgIpc) is 2.96. The molecule has 3 N–H and O–H groups in total. The number of alkyl halides is 1. The van der Waals surface area contributed by atoms with Gasteiger partial charge >= 0.3 is 6.08 Å². The summed E-state index contributed by atoms with van der Waals surface area (Å²) in [6, 6.07) is 2.88. The minimum atomic E-state index is -1.86. The Hall–Kier alpha value is -2.49. The van der Waals surface area contributed by atoms with Crippen LogP contribution in [0.5, 0.6) is 0 Å². The zero-order valence-corrected chi connectivity index (χ0v) is 10.3. The van der Waals surface area contributed by atoms with Crippen LogP contribution in [0.1, 0.15) is 11.8 Å². The highest BCUT2D eigenvalue weighted by molar-refractivity contribution is 5.65. The Kier molecular flexibility index (Phi) is 3.09. The maximum absolute atomic E-state index is 14.1. The van der Waals surface area contributed by atoms with Crippen LogP contribution in [-0.4, -0.2) is 38.2 Å². The topological polar surface area (TPSA) is 134 Å². The number of aromatic nitrogens is 3. The van der Waals surface area contributed by atoms with Crippen LogP contribution in [-0.2, 0) is 4.74 Å². The Morgan fingerprint density at radius 2 is 2.29 bits per heavy atom. The average molecular weight is 297 g/mol. The SMILES string of the molecule is [N-]=[N+]=N[C@@H]1O[C@@H](c2ccc3c(N)nc(F)nn23)[C@H](F)[C@@H]1O. The van der Waals surface area contributed by atoms with Crippen LogP contribution in [0.4, 0.5) is 14.6 Å². The number of nitrogens with two attached hydrogens (primary N) is 1. The number of hydrogen-bond donors (Lipinski definition) is 2. The van der Waals surface area contributed by atoms with Crippen molar-refractivity contribution in [1.82, 2.24) is 14.6 Å². The lowest BCUT2D eigenvalue weighted by molar-refractivity contribution is 0.0116. The monoisotopic (exact) mass is 297 g/mol. The van der Waals surface area contributed by atoms with Crippen LogP contribution in [0.2, 0.25) is 0 Å². The van der Waals surface area contributed by atoms with Crippen LogP contribution in [0, 0.1) is 6.08 Å². The fourth-order valence-corrected chi connectivity index (χ4v) is 2.25. The van der Waals surface area contributed by atoms with Crippen molar-refractivity contribution >= 4 is 11.3 Å². The summed E-state index contributed by atoms with van der Waals surface area (Å²) in [5.74, 6) is -0.116. The number of ether oxygens (including phenoxy) is 1. The van der Waals surface area contributed by atoms with Gasteiger partial charge in [-0.15, -0.1) is 5.10 Å². The van der Waals surface area contributed by atoms with Gasteiger partial charge in [0.2, 0.25) is 0 Å². The lowest BCUT2D eigenvalue weighted by Crippen LogP contribution is -2.26. The third-order valence-electron chi connectivity index (χ3n) is 3.19. The van der Waals surface area contributed by atoms with Crippen molar-refractivity contribution < 1.29 is 18.6 Å². The normalized spacial score (nSPS) is 28.7. The molecule has 0 aliphatic carbocycles. The van der Waals surface area contributed by atoms with Crippen LogP contribution >= 0.6 is 0 Å². The summed E-state index contributed by atoms with van der Waals surface area (Å²) >= 11 is 0. The van der Waals surface area contributed by atoms with Crippen LogP contribution in [0.25, 0.3) is 16.0 Å². The zero-order chi connectivity index (χ0) is 15.1. The first-order valence-electron chi connectivity index (χ1n) is 5.85. The summed E-state index contributed by atoms with van der Waals surface area (Å²) in [4.78, 5) is 5.82. The fraction of sp³-hybridized carbons (Fsp3) is 0.400. The van der Waals surface area contributed by atoms with E-state index >= 15 is 0 Å². The third-order valence-corrected chi connectivity index (χ3v) is 3.19. The smallest absolute Gasteiger partial charge is 0.327 e. The van der Waals surface area contributed by atoms with Crippen molar-refractivity contribution in [2.24, 2.45) is 5.11 Å². The summed E-state index contributed by atoms with van der Waals surface area (Å²) < 4.78 is 33.6. The molecule has 3 heterocycles. The van der Waals surface area contributed by atoms with E-state index in [0.29, 0.717) is 0 Å². The Labute approximate surface area is 115 Å². The van der Waals surface area contributed by atoms with E-state index in [1.165, 1.54) is 12.1 Å². The molecule has 2 aromatic heterocycles. The van der Waals surface area contributed by atoms with Crippen molar-refractivity contribution in [2.45, 2.75) is 24.6 Å². The van der Waals surface area contributed by atoms with Gasteiger partial charge in [-0.3, -0.25) is 0 Å². The van der Waals surface area contributed by atoms with E-state index in [9.17, 15) is 13.9 Å². The molecule has 0 spiro atoms. The summed E-state index contributed by atoms with van der Waals surface area (Å²) in [7, 11) is 0. The van der Waals surface area contributed by atoms with Gasteiger partial charge in [-0.05, 0) is 17.7 Å². The number of nitrogens with zero attached hydrogens (tertiary/aromatic N) is 6. The van der Waals surface area contributed by atoms with Crippen LogP contribution < -0.4 is 5.73 Å². The number of aliphatic hydroxyl groups excluding tert-OH is 1. The highest BCUT2D eigenvalue weighted by Gasteiger charge is 2.45. The van der Waals surface area contributed by atoms with Gasteiger partial charge in [-0.2, -0.15) is 9.37 Å². The first kappa shape index (κ1) is 13.5. The molecule has 1 aliphatic rings. The van der Waals surface area contributed by atoms with Crippen molar-refractivity contribution in [3.8, 4) is 0 Å². The minimum absolute atomic E-state index is 0.116. The maximum atomic E-state index is 14.1. The summed E-state index contributed by atoms with van der Waals surface area (Å²) in [5, 5.41) is 16.3. The molecule has 0 amide bonds. The predicted molar refractivity (Wildman–Crippen MR) is 65.0 cm³/mol. The lowest BCUT2D eigenvalue weighted by Gasteiger charge is -2.12. The molecule has 0 unspecified atom stereocenters. The van der Waals surface area contributed by atoms with Gasteiger partial charge in [0, 0.05) is 4.91 Å². The van der Waals surface area contributed by atoms with E-state index in [1.807, 2.05) is 0 Å². The van der Waals surface area contributed by atoms with Crippen molar-refractivity contribution in [1.29, 1.82) is 0 Å². The van der Waals surface area contributed by atoms with Gasteiger partial charge < -0.3 is 15.6 Å². The molecule has 3 rings (SSSR count). The number of anilines is 1. The number of nitrogen functional groups attached to an aromatic ring is 1. The quantitative estimate of drug-likeness (QED) is 0.481. The van der Waals surface area contributed by atoms with E-state index in [2.05, 4.69) is 20.1 Å². The van der Waals surface area contributed by atoms with Crippen molar-refractivity contribution in [3.63, 3.8) is 0 Å². The second-order valence-corrected chi connectivity index (χ2v) is 4.41. The Morgan fingerprint density at radius 1 is 1.52 bits per heavy atom. The lowest BCUT2D eigenvalue weighted by atomic mass is 10.1. The number of azide groups is 1. The number of aliphatic hydroxyl groups is 1. The van der Waals surface area contributed by atoms with Crippen molar-refractivity contribution in [3.05, 3.63) is 34.3 Å². The van der Waals surface area contributed by atoms with E-state index < -0.39 is 30.7 Å². The first-order chi connectivity index (χ1) is 10.0. The molecule has 1 aliphatic heterocycles. The molecule has 2 aromatic rings. The summed E-state index contributed by atoms with van der Waals surface area (Å²) in [6.07, 6.45) is -7.22. The number of rotatable bonds is 2. The van der Waals surface area contributed by atoms with Crippen molar-refractivity contribution in [2.75, 3.05) is 5.73 Å². The number of halogens is 2. The summed E-state index contributed by atoms with van der Waals surface area (Å²) in [5.41, 5.74) is 14.3. The highest BCUT2D eigenvalue weighted by atomic mass is 19.1. The second-order valence-electron chi connectivity index (χ2n) is 4.41. The van der Waals surface area contributed by atoms with Crippen LogP contribution in [0.15, 0.2) is 17.2 Å². The molecule has 1 fully saturated rings. The number of fused-ring (bicyclic) bond motifs is 1. The van der Waals surface area contributed by atoms with E-state index in [-0.39, 0.29) is 17.0 Å². The minimum Gasteiger partial charge on any atom is -0.387 e. The van der Waals surface area contributed by atoms with Crippen LogP contribution in [0.3, 0.4) is 0 Å². The molecule has 0 saturated carbocycles. The molecule has 0 bridgehead atoms. The van der Waals surface area contributed by atoms with E-state index in [1.54, 1.807) is 0 Å². The largest absolute Gasteiger partial charge is 0.387 e. The van der Waals surface area contributed by atoms with E-state index in [4.69, 9.17) is 16.0 Å². The molecular weight excluding hydrogens is 288 g/mol. The molecule has 9 nitrogen and oxygen atoms in total. The Bertz CT molecular complexity index is 744. The molecule has 110 valence electrons. The second kappa shape index (κ2) is 4.81. The molecule has 1 saturated heterocycles. The third kappa shape index (κ3) is 2.03. The van der Waals surface area contributed by atoms with Gasteiger partial charge in [-0.1, -0.05) is 5.11 Å². The standard InChI is InChI=1S/C10H9F2N7O2/c11-5-6(20)9(16-18-14)21-7(5)3-1-2-4-8(13)15-10(12)17-19(3)4/h1-2,5-7,9,20H,(H2,13,15,17)/t5-,6+,7+,9-/m1/s1. The summed E-state index contributed by atoms with van der Waals surface area (Å²) in [6.45, 7) is 0. The first-order valence-corrected chi connectivity index (χ1v) is 5.85. The van der Waals surface area contributed by atoms with E-state index in [0.717, 1.165) is 4.52 Å². The Morgan fingerprint density at radius 3 is 3.00 bits per heavy atom. The predicted octanol–water partition coefficient (Wildman–Crippen LogP) is 0.857. The zero-order valence-electron chi connectivity index (χ0n) is 10.3. The van der Waals surface area contributed by atoms with Gasteiger partial charge in [0.15, 0.2) is 18.2 Å². The number of hydrogen-bond acceptors (Lipinski definition) is 6. The fourth-order valence-electron chi connectivity index (χ4n) is 2.25. The maximum Gasteiger partial charge on any atom is 0.327 e. The highest BCUT2D eigenvalue weighted by Crippen LogP contribution is 2.37. The molecule has 11 heteroatoms. The molecule has 4 atom stereocenters. The van der Waals surface area contributed by atoms with Gasteiger partial charge in [0.05, 0.1) is 5.69 Å². The van der Waals surface area contributed by atoms with Gasteiger partial charge in [-0.25, -0.2) is 8.91 Å². The molecule has 21 heavy (non-hydrogen) atoms. The van der Waals surface area contributed by atoms with Gasteiger partial charge in [0.25, 0.3) is 0 Å². The Balaban J connectivity index is 2.07. The van der Waals surface area contributed by atoms with Gasteiger partial charge in [0.1, 0.15) is 17.7 Å².